The second-order valence-corrected chi connectivity index (χ2v) is 7.41. The quantitative estimate of drug-likeness (QED) is 0.701. The SMILES string of the molecule is CCOc1cc2c(cc1OCC)CN(C(=O)c1ccc(CSC)cc1)CC2. The first-order valence-electron chi connectivity index (χ1n) is 9.44. The summed E-state index contributed by atoms with van der Waals surface area (Å²) in [5, 5.41) is 0. The summed E-state index contributed by atoms with van der Waals surface area (Å²) in [7, 11) is 0. The van der Waals surface area contributed by atoms with E-state index in [1.54, 1.807) is 11.8 Å². The van der Waals surface area contributed by atoms with Crippen molar-refractivity contribution >= 4 is 17.7 Å². The smallest absolute Gasteiger partial charge is 0.254 e. The van der Waals surface area contributed by atoms with E-state index in [4.69, 9.17) is 9.47 Å². The van der Waals surface area contributed by atoms with Crippen molar-refractivity contribution in [1.29, 1.82) is 0 Å². The molecule has 0 atom stereocenters. The van der Waals surface area contributed by atoms with Gasteiger partial charge < -0.3 is 14.4 Å². The maximum atomic E-state index is 12.9. The number of hydrogen-bond acceptors (Lipinski definition) is 4. The summed E-state index contributed by atoms with van der Waals surface area (Å²) in [6.45, 7) is 6.46. The molecular weight excluding hydrogens is 358 g/mol. The Morgan fingerprint density at radius 2 is 1.67 bits per heavy atom. The zero-order chi connectivity index (χ0) is 19.2. The first kappa shape index (κ1) is 19.6. The molecule has 0 fully saturated rings. The van der Waals surface area contributed by atoms with Crippen molar-refractivity contribution in [3.05, 3.63) is 58.7 Å². The first-order chi connectivity index (χ1) is 13.2. The molecule has 3 rings (SSSR count). The van der Waals surface area contributed by atoms with Gasteiger partial charge in [-0.25, -0.2) is 0 Å². The van der Waals surface area contributed by atoms with Crippen LogP contribution in [0.2, 0.25) is 0 Å². The van der Waals surface area contributed by atoms with E-state index in [2.05, 4.69) is 12.3 Å². The Morgan fingerprint density at radius 3 is 2.26 bits per heavy atom. The molecule has 0 radical (unpaired) electrons. The lowest BCUT2D eigenvalue weighted by Crippen LogP contribution is -2.36. The molecule has 0 bridgehead atoms. The van der Waals surface area contributed by atoms with Gasteiger partial charge in [-0.1, -0.05) is 12.1 Å². The largest absolute Gasteiger partial charge is 0.490 e. The van der Waals surface area contributed by atoms with E-state index in [1.807, 2.05) is 49.1 Å². The monoisotopic (exact) mass is 385 g/mol. The van der Waals surface area contributed by atoms with Crippen LogP contribution in [0.25, 0.3) is 0 Å². The van der Waals surface area contributed by atoms with Gasteiger partial charge in [0.25, 0.3) is 5.91 Å². The van der Waals surface area contributed by atoms with Crippen LogP contribution < -0.4 is 9.47 Å². The summed E-state index contributed by atoms with van der Waals surface area (Å²) in [4.78, 5) is 14.8. The van der Waals surface area contributed by atoms with E-state index in [-0.39, 0.29) is 5.91 Å². The van der Waals surface area contributed by atoms with Crippen molar-refractivity contribution < 1.29 is 14.3 Å². The minimum atomic E-state index is 0.0863. The van der Waals surface area contributed by atoms with E-state index in [1.165, 1.54) is 11.1 Å². The predicted octanol–water partition coefficient (Wildman–Crippen LogP) is 4.55. The number of ether oxygens (including phenoxy) is 2. The van der Waals surface area contributed by atoms with Gasteiger partial charge in [0.05, 0.1) is 13.2 Å². The molecule has 5 heteroatoms. The first-order valence-corrected chi connectivity index (χ1v) is 10.8. The van der Waals surface area contributed by atoms with Crippen molar-refractivity contribution in [3.8, 4) is 11.5 Å². The Balaban J connectivity index is 1.78. The molecule has 2 aromatic carbocycles. The third-order valence-electron chi connectivity index (χ3n) is 4.68. The molecule has 0 aromatic heterocycles. The average molecular weight is 386 g/mol. The summed E-state index contributed by atoms with van der Waals surface area (Å²) in [6, 6.07) is 12.1. The summed E-state index contributed by atoms with van der Waals surface area (Å²) < 4.78 is 11.5. The molecule has 1 aliphatic heterocycles. The number of fused-ring (bicyclic) bond motifs is 1. The van der Waals surface area contributed by atoms with Gasteiger partial charge in [-0.05, 0) is 67.5 Å². The van der Waals surface area contributed by atoms with Gasteiger partial charge in [-0.3, -0.25) is 4.79 Å². The Kier molecular flexibility index (Phi) is 6.67. The summed E-state index contributed by atoms with van der Waals surface area (Å²) in [5.41, 5.74) is 4.37. The Labute approximate surface area is 165 Å². The molecule has 0 saturated carbocycles. The van der Waals surface area contributed by atoms with Crippen LogP contribution >= 0.6 is 11.8 Å². The lowest BCUT2D eigenvalue weighted by Gasteiger charge is -2.30. The van der Waals surface area contributed by atoms with E-state index in [0.717, 1.165) is 41.3 Å². The molecule has 1 heterocycles. The Hall–Kier alpha value is -2.14. The van der Waals surface area contributed by atoms with Gasteiger partial charge >= 0.3 is 0 Å². The fourth-order valence-corrected chi connectivity index (χ4v) is 3.89. The molecule has 0 saturated heterocycles. The Bertz CT molecular complexity index is 789. The summed E-state index contributed by atoms with van der Waals surface area (Å²) in [5.74, 6) is 2.60. The number of carbonyl (C=O) groups is 1. The molecule has 1 amide bonds. The van der Waals surface area contributed by atoms with Gasteiger partial charge in [-0.15, -0.1) is 0 Å². The third-order valence-corrected chi connectivity index (χ3v) is 5.30. The van der Waals surface area contributed by atoms with Crippen molar-refractivity contribution in [2.75, 3.05) is 26.0 Å². The molecule has 0 N–H and O–H groups in total. The lowest BCUT2D eigenvalue weighted by atomic mass is 9.98. The van der Waals surface area contributed by atoms with Crippen LogP contribution in [0.1, 0.15) is 40.9 Å². The molecule has 4 nitrogen and oxygen atoms in total. The fraction of sp³-hybridized carbons (Fsp3) is 0.409. The molecule has 2 aromatic rings. The number of carbonyl (C=O) groups excluding carboxylic acids is 1. The molecule has 0 unspecified atom stereocenters. The standard InChI is InChI=1S/C22H27NO3S/c1-4-25-20-12-18-10-11-23(14-19(18)13-21(20)26-5-2)22(24)17-8-6-16(7-9-17)15-27-3/h6-9,12-13H,4-5,10-11,14-15H2,1-3H3. The molecule has 0 aliphatic carbocycles. The van der Waals surface area contributed by atoms with Crippen LogP contribution in [0, 0.1) is 0 Å². The van der Waals surface area contributed by atoms with Crippen LogP contribution in [-0.4, -0.2) is 36.8 Å². The van der Waals surface area contributed by atoms with Gasteiger partial charge in [-0.2, -0.15) is 11.8 Å². The van der Waals surface area contributed by atoms with Crippen LogP contribution in [-0.2, 0) is 18.7 Å². The van der Waals surface area contributed by atoms with Gasteiger partial charge in [0, 0.05) is 24.4 Å². The van der Waals surface area contributed by atoms with Gasteiger partial charge in [0.15, 0.2) is 11.5 Å². The summed E-state index contributed by atoms with van der Waals surface area (Å²) >= 11 is 1.78. The fourth-order valence-electron chi connectivity index (χ4n) is 3.37. The van der Waals surface area contributed by atoms with Crippen molar-refractivity contribution in [1.82, 2.24) is 4.90 Å². The zero-order valence-electron chi connectivity index (χ0n) is 16.3. The van der Waals surface area contributed by atoms with E-state index >= 15 is 0 Å². The average Bonchev–Trinajstić information content (AvgIpc) is 2.69. The molecule has 144 valence electrons. The van der Waals surface area contributed by atoms with Crippen LogP contribution in [0.5, 0.6) is 11.5 Å². The van der Waals surface area contributed by atoms with E-state index in [9.17, 15) is 4.79 Å². The second kappa shape index (κ2) is 9.18. The Morgan fingerprint density at radius 1 is 1.04 bits per heavy atom. The normalized spacial score (nSPS) is 13.2. The van der Waals surface area contributed by atoms with Crippen LogP contribution in [0.3, 0.4) is 0 Å². The molecule has 0 spiro atoms. The number of nitrogens with zero attached hydrogens (tertiary/aromatic N) is 1. The highest BCUT2D eigenvalue weighted by Gasteiger charge is 2.24. The second-order valence-electron chi connectivity index (χ2n) is 6.54. The highest BCUT2D eigenvalue weighted by atomic mass is 32.2. The maximum Gasteiger partial charge on any atom is 0.254 e. The summed E-state index contributed by atoms with van der Waals surface area (Å²) in [6.07, 6.45) is 2.91. The maximum absolute atomic E-state index is 12.9. The molecule has 27 heavy (non-hydrogen) atoms. The highest BCUT2D eigenvalue weighted by Crippen LogP contribution is 2.34. The van der Waals surface area contributed by atoms with Crippen molar-refractivity contribution in [2.24, 2.45) is 0 Å². The number of benzene rings is 2. The van der Waals surface area contributed by atoms with Crippen molar-refractivity contribution in [3.63, 3.8) is 0 Å². The predicted molar refractivity (Wildman–Crippen MR) is 111 cm³/mol. The minimum absolute atomic E-state index is 0.0863. The van der Waals surface area contributed by atoms with Crippen LogP contribution in [0.15, 0.2) is 36.4 Å². The van der Waals surface area contributed by atoms with Crippen LogP contribution in [0.4, 0.5) is 0 Å². The number of amides is 1. The molecule has 1 aliphatic rings. The van der Waals surface area contributed by atoms with E-state index < -0.39 is 0 Å². The number of hydrogen-bond donors (Lipinski definition) is 0. The van der Waals surface area contributed by atoms with E-state index in [0.29, 0.717) is 19.8 Å². The number of thioether (sulfide) groups is 1. The van der Waals surface area contributed by atoms with Crippen molar-refractivity contribution in [2.45, 2.75) is 32.6 Å². The number of rotatable bonds is 7. The topological polar surface area (TPSA) is 38.8 Å². The highest BCUT2D eigenvalue weighted by molar-refractivity contribution is 7.97. The third kappa shape index (κ3) is 4.59. The lowest BCUT2D eigenvalue weighted by molar-refractivity contribution is 0.0734. The minimum Gasteiger partial charge on any atom is -0.490 e. The van der Waals surface area contributed by atoms with Gasteiger partial charge in [0.2, 0.25) is 0 Å². The molecular formula is C22H27NO3S. The van der Waals surface area contributed by atoms with Gasteiger partial charge in [0.1, 0.15) is 0 Å². The zero-order valence-corrected chi connectivity index (χ0v) is 17.1.